The highest BCUT2D eigenvalue weighted by Crippen LogP contribution is 2.37. The number of hydrogen-bond acceptors (Lipinski definition) is 3. The predicted molar refractivity (Wildman–Crippen MR) is 142 cm³/mol. The predicted octanol–water partition coefficient (Wildman–Crippen LogP) is 6.14. The van der Waals surface area contributed by atoms with Crippen LogP contribution in [0.4, 0.5) is 0 Å². The van der Waals surface area contributed by atoms with Crippen molar-refractivity contribution in [1.29, 1.82) is 0 Å². The van der Waals surface area contributed by atoms with E-state index in [0.717, 1.165) is 66.8 Å². The number of hydrogen-bond donors (Lipinski definition) is 0. The van der Waals surface area contributed by atoms with E-state index in [-0.39, 0.29) is 0 Å². The van der Waals surface area contributed by atoms with Crippen molar-refractivity contribution < 1.29 is 14.2 Å². The third-order valence-electron chi connectivity index (χ3n) is 6.36. The Morgan fingerprint density at radius 3 is 2.09 bits per heavy atom. The maximum absolute atomic E-state index is 6.28. The fraction of sp³-hybridized carbons (Fsp3) is 0.188. The lowest BCUT2D eigenvalue weighted by molar-refractivity contribution is 0.215. The van der Waals surface area contributed by atoms with Gasteiger partial charge in [0.05, 0.1) is 0 Å². The normalized spacial score (nSPS) is 11.9. The summed E-state index contributed by atoms with van der Waals surface area (Å²) in [6.45, 7) is 13.3. The molecule has 5 rings (SSSR count). The first-order valence-corrected chi connectivity index (χ1v) is 11.9. The molecule has 1 aliphatic heterocycles. The fourth-order valence-corrected chi connectivity index (χ4v) is 4.43. The van der Waals surface area contributed by atoms with Crippen molar-refractivity contribution in [3.8, 4) is 23.0 Å². The van der Waals surface area contributed by atoms with Crippen LogP contribution in [0.1, 0.15) is 33.4 Å². The zero-order valence-electron chi connectivity index (χ0n) is 20.8. The summed E-state index contributed by atoms with van der Waals surface area (Å²) in [7, 11) is 0. The van der Waals surface area contributed by atoms with Crippen molar-refractivity contribution in [2.45, 2.75) is 27.7 Å². The summed E-state index contributed by atoms with van der Waals surface area (Å²) in [5.74, 6) is 3.46. The molecule has 1 aliphatic rings. The van der Waals surface area contributed by atoms with Gasteiger partial charge in [-0.2, -0.15) is 0 Å². The first kappa shape index (κ1) is 22.8. The number of fused-ring (bicyclic) bond motifs is 2. The summed E-state index contributed by atoms with van der Waals surface area (Å²) in [4.78, 5) is 0. The Kier molecular flexibility index (Phi) is 6.08. The second-order valence-electron chi connectivity index (χ2n) is 9.25. The van der Waals surface area contributed by atoms with E-state index in [4.69, 9.17) is 14.2 Å². The van der Waals surface area contributed by atoms with Crippen LogP contribution in [-0.4, -0.2) is 13.2 Å². The van der Waals surface area contributed by atoms with Crippen LogP contribution in [0, 0.1) is 27.7 Å². The van der Waals surface area contributed by atoms with Gasteiger partial charge in [0.15, 0.2) is 0 Å². The highest BCUT2D eigenvalue weighted by molar-refractivity contribution is 5.85. The average Bonchev–Trinajstić information content (AvgIpc) is 2.83. The van der Waals surface area contributed by atoms with Gasteiger partial charge >= 0.3 is 0 Å². The number of aryl methyl sites for hydroxylation is 4. The Morgan fingerprint density at radius 2 is 1.31 bits per heavy atom. The van der Waals surface area contributed by atoms with Crippen molar-refractivity contribution in [1.82, 2.24) is 0 Å². The summed E-state index contributed by atoms with van der Waals surface area (Å²) in [6.07, 6.45) is 0. The summed E-state index contributed by atoms with van der Waals surface area (Å²) >= 11 is 0. The molecule has 1 heterocycles. The van der Waals surface area contributed by atoms with E-state index in [1.165, 1.54) is 5.56 Å². The lowest BCUT2D eigenvalue weighted by atomic mass is 9.91. The molecule has 0 N–H and O–H groups in total. The summed E-state index contributed by atoms with van der Waals surface area (Å²) in [5, 5.41) is 1.98. The lowest BCUT2D eigenvalue weighted by Crippen LogP contribution is -2.19. The van der Waals surface area contributed by atoms with Crippen LogP contribution in [-0.2, 0) is 0 Å². The van der Waals surface area contributed by atoms with Crippen LogP contribution in [0.2, 0.25) is 0 Å². The third kappa shape index (κ3) is 4.67. The number of ether oxygens (including phenoxy) is 3. The van der Waals surface area contributed by atoms with Gasteiger partial charge in [0.2, 0.25) is 0 Å². The minimum Gasteiger partial charge on any atom is -0.490 e. The molecule has 0 bridgehead atoms. The first-order valence-electron chi connectivity index (χ1n) is 11.9. The average molecular weight is 463 g/mol. The molecule has 3 heteroatoms. The molecule has 4 aromatic rings. The van der Waals surface area contributed by atoms with E-state index in [1.54, 1.807) is 0 Å². The Hall–Kier alpha value is -3.98. The molecule has 0 aromatic heterocycles. The molecule has 0 amide bonds. The van der Waals surface area contributed by atoms with E-state index in [9.17, 15) is 0 Å². The number of rotatable bonds is 6. The SMILES string of the molecule is C=c1ccc2c(c1)Oc1cc(C)ccc1C=2c1ccc(C)c(OCCOc2cc(C)ccc2C)c1. The van der Waals surface area contributed by atoms with Crippen LogP contribution >= 0.6 is 0 Å². The van der Waals surface area contributed by atoms with E-state index >= 15 is 0 Å². The summed E-state index contributed by atoms with van der Waals surface area (Å²) in [6, 6.07) is 25.1. The van der Waals surface area contributed by atoms with Crippen LogP contribution < -0.4 is 24.6 Å². The van der Waals surface area contributed by atoms with Gasteiger partial charge in [-0.3, -0.25) is 0 Å². The van der Waals surface area contributed by atoms with E-state index in [0.29, 0.717) is 13.2 Å². The number of benzene rings is 4. The van der Waals surface area contributed by atoms with E-state index in [2.05, 4.69) is 94.9 Å². The largest absolute Gasteiger partial charge is 0.490 e. The lowest BCUT2D eigenvalue weighted by Gasteiger charge is -2.22. The van der Waals surface area contributed by atoms with Gasteiger partial charge in [-0.15, -0.1) is 0 Å². The van der Waals surface area contributed by atoms with Crippen molar-refractivity contribution in [3.05, 3.63) is 117 Å². The van der Waals surface area contributed by atoms with Crippen LogP contribution in [0.25, 0.3) is 12.2 Å². The zero-order valence-corrected chi connectivity index (χ0v) is 20.8. The topological polar surface area (TPSA) is 27.7 Å². The molecule has 0 radical (unpaired) electrons. The maximum Gasteiger partial charge on any atom is 0.135 e. The van der Waals surface area contributed by atoms with Gasteiger partial charge in [-0.25, -0.2) is 0 Å². The molecule has 0 fully saturated rings. The molecule has 0 saturated carbocycles. The van der Waals surface area contributed by atoms with Gasteiger partial charge in [0, 0.05) is 16.4 Å². The maximum atomic E-state index is 6.28. The van der Waals surface area contributed by atoms with Gasteiger partial charge in [0.1, 0.15) is 36.2 Å². The van der Waals surface area contributed by atoms with Gasteiger partial charge in [-0.1, -0.05) is 55.1 Å². The molecular formula is C32H30O3. The molecule has 3 nitrogen and oxygen atoms in total. The Labute approximate surface area is 206 Å². The third-order valence-corrected chi connectivity index (χ3v) is 6.36. The van der Waals surface area contributed by atoms with Crippen LogP contribution in [0.3, 0.4) is 0 Å². The molecule has 0 aliphatic carbocycles. The smallest absolute Gasteiger partial charge is 0.135 e. The minimum atomic E-state index is 0.466. The van der Waals surface area contributed by atoms with Crippen LogP contribution in [0.15, 0.2) is 72.8 Å². The Balaban J connectivity index is 1.46. The molecule has 0 spiro atoms. The fourth-order valence-electron chi connectivity index (χ4n) is 4.43. The highest BCUT2D eigenvalue weighted by Gasteiger charge is 2.20. The second kappa shape index (κ2) is 9.34. The highest BCUT2D eigenvalue weighted by atomic mass is 16.5. The molecule has 4 aromatic carbocycles. The van der Waals surface area contributed by atoms with Crippen LogP contribution in [0.5, 0.6) is 23.0 Å². The van der Waals surface area contributed by atoms with Gasteiger partial charge in [-0.05, 0) is 85.0 Å². The standard InChI is InChI=1S/C32H30O3/c1-20-6-9-23(4)28(16-20)33-14-15-34-29-19-25(11-10-24(29)5)32-26-12-7-21(2)17-30(26)35-31-18-22(3)8-13-27(31)32/h6-13,16-19H,2,14-15H2,1,3-5H3. The first-order chi connectivity index (χ1) is 16.9. The van der Waals surface area contributed by atoms with Crippen molar-refractivity contribution in [2.75, 3.05) is 13.2 Å². The summed E-state index contributed by atoms with van der Waals surface area (Å²) in [5.41, 5.74) is 7.87. The molecule has 0 atom stereocenters. The van der Waals surface area contributed by atoms with Crippen molar-refractivity contribution in [2.24, 2.45) is 0 Å². The zero-order chi connectivity index (χ0) is 24.5. The Bertz CT molecular complexity index is 1530. The van der Waals surface area contributed by atoms with Crippen molar-refractivity contribution >= 4 is 12.2 Å². The molecular weight excluding hydrogens is 432 g/mol. The van der Waals surface area contributed by atoms with Crippen molar-refractivity contribution in [3.63, 3.8) is 0 Å². The minimum absolute atomic E-state index is 0.466. The van der Waals surface area contributed by atoms with E-state index in [1.807, 2.05) is 12.1 Å². The Morgan fingerprint density at radius 1 is 0.657 bits per heavy atom. The second-order valence-corrected chi connectivity index (χ2v) is 9.25. The molecule has 0 unspecified atom stereocenters. The monoisotopic (exact) mass is 462 g/mol. The molecule has 0 saturated heterocycles. The molecule has 176 valence electrons. The summed E-state index contributed by atoms with van der Waals surface area (Å²) < 4.78 is 18.5. The molecule has 35 heavy (non-hydrogen) atoms. The van der Waals surface area contributed by atoms with Gasteiger partial charge in [0.25, 0.3) is 0 Å². The van der Waals surface area contributed by atoms with E-state index < -0.39 is 0 Å². The quantitative estimate of drug-likeness (QED) is 0.284. The van der Waals surface area contributed by atoms with Gasteiger partial charge < -0.3 is 14.2 Å².